The summed E-state index contributed by atoms with van der Waals surface area (Å²) in [7, 11) is 0. The number of hydrogen-bond acceptors (Lipinski definition) is 2. The summed E-state index contributed by atoms with van der Waals surface area (Å²) in [4.78, 5) is 23.9. The fourth-order valence-electron chi connectivity index (χ4n) is 2.58. The highest BCUT2D eigenvalue weighted by Gasteiger charge is 2.30. The largest absolute Gasteiger partial charge is 0.481 e. The quantitative estimate of drug-likeness (QED) is 0.826. The summed E-state index contributed by atoms with van der Waals surface area (Å²) in [6.45, 7) is 7.15. The van der Waals surface area contributed by atoms with E-state index in [0.717, 1.165) is 5.56 Å². The first-order valence-electron chi connectivity index (χ1n) is 8.32. The Labute approximate surface area is 148 Å². The van der Waals surface area contributed by atoms with Gasteiger partial charge in [-0.15, -0.1) is 0 Å². The monoisotopic (exact) mass is 339 g/mol. The number of aliphatic carboxylic acids is 1. The minimum absolute atomic E-state index is 0.0680. The predicted octanol–water partition coefficient (Wildman–Crippen LogP) is 4.26. The number of anilines is 1. The van der Waals surface area contributed by atoms with Crippen molar-refractivity contribution in [3.8, 4) is 0 Å². The molecule has 0 aliphatic carbocycles. The van der Waals surface area contributed by atoms with Gasteiger partial charge in [0.05, 0.1) is 5.41 Å². The van der Waals surface area contributed by atoms with Crippen LogP contribution in [-0.2, 0) is 21.4 Å². The van der Waals surface area contributed by atoms with Gasteiger partial charge in [-0.1, -0.05) is 56.3 Å². The standard InChI is InChI=1S/C21H25NO3/c1-20(2,14-15-8-6-5-7-9-15)18(23)22-17-12-10-16(11-13-17)21(3,4)19(24)25/h5-13H,14H2,1-4H3,(H,22,23)(H,24,25). The fourth-order valence-corrected chi connectivity index (χ4v) is 2.58. The van der Waals surface area contributed by atoms with Gasteiger partial charge in [0.15, 0.2) is 0 Å². The maximum atomic E-state index is 12.6. The Hall–Kier alpha value is -2.62. The van der Waals surface area contributed by atoms with Crippen molar-refractivity contribution in [3.05, 3.63) is 65.7 Å². The Bertz CT molecular complexity index is 746. The number of carboxylic acids is 1. The Kier molecular flexibility index (Phi) is 5.31. The van der Waals surface area contributed by atoms with Crippen LogP contribution >= 0.6 is 0 Å². The molecule has 2 N–H and O–H groups in total. The van der Waals surface area contributed by atoms with Crippen LogP contribution in [-0.4, -0.2) is 17.0 Å². The van der Waals surface area contributed by atoms with E-state index in [2.05, 4.69) is 5.32 Å². The molecule has 2 aromatic rings. The Morgan fingerprint density at radius 3 is 2.00 bits per heavy atom. The molecule has 4 heteroatoms. The third-order valence-electron chi connectivity index (χ3n) is 4.50. The van der Waals surface area contributed by atoms with Crippen LogP contribution in [0.4, 0.5) is 5.69 Å². The van der Waals surface area contributed by atoms with Crippen molar-refractivity contribution in [2.75, 3.05) is 5.32 Å². The number of carbonyl (C=O) groups excluding carboxylic acids is 1. The van der Waals surface area contributed by atoms with Gasteiger partial charge >= 0.3 is 5.97 Å². The molecule has 0 fully saturated rings. The predicted molar refractivity (Wildman–Crippen MR) is 99.7 cm³/mol. The van der Waals surface area contributed by atoms with E-state index in [1.807, 2.05) is 44.2 Å². The summed E-state index contributed by atoms with van der Waals surface area (Å²) >= 11 is 0. The van der Waals surface area contributed by atoms with Gasteiger partial charge in [0.25, 0.3) is 0 Å². The van der Waals surface area contributed by atoms with Crippen molar-refractivity contribution in [1.82, 2.24) is 0 Å². The molecule has 2 rings (SSSR count). The van der Waals surface area contributed by atoms with E-state index >= 15 is 0 Å². The maximum Gasteiger partial charge on any atom is 0.313 e. The molecule has 0 saturated heterocycles. The smallest absolute Gasteiger partial charge is 0.313 e. The van der Waals surface area contributed by atoms with E-state index < -0.39 is 16.8 Å². The normalized spacial score (nSPS) is 11.8. The lowest BCUT2D eigenvalue weighted by atomic mass is 9.84. The summed E-state index contributed by atoms with van der Waals surface area (Å²) in [5, 5.41) is 12.2. The number of carboxylic acid groups (broad SMARTS) is 1. The third kappa shape index (κ3) is 4.47. The molecule has 0 aliphatic rings. The molecule has 4 nitrogen and oxygen atoms in total. The van der Waals surface area contributed by atoms with Crippen molar-refractivity contribution in [3.63, 3.8) is 0 Å². The Morgan fingerprint density at radius 1 is 0.920 bits per heavy atom. The van der Waals surface area contributed by atoms with Gasteiger partial charge in [0, 0.05) is 11.1 Å². The highest BCUT2D eigenvalue weighted by Crippen LogP contribution is 2.27. The molecule has 132 valence electrons. The van der Waals surface area contributed by atoms with Crippen molar-refractivity contribution < 1.29 is 14.7 Å². The summed E-state index contributed by atoms with van der Waals surface area (Å²) in [5.41, 5.74) is 0.953. The number of benzene rings is 2. The van der Waals surface area contributed by atoms with Gasteiger partial charge in [0.2, 0.25) is 5.91 Å². The second-order valence-electron chi connectivity index (χ2n) is 7.51. The molecule has 0 unspecified atom stereocenters. The number of hydrogen-bond donors (Lipinski definition) is 2. The summed E-state index contributed by atoms with van der Waals surface area (Å²) in [6, 6.07) is 16.9. The number of rotatable bonds is 6. The van der Waals surface area contributed by atoms with Crippen molar-refractivity contribution in [2.45, 2.75) is 39.5 Å². The van der Waals surface area contributed by atoms with Crippen LogP contribution in [0.3, 0.4) is 0 Å². The topological polar surface area (TPSA) is 66.4 Å². The minimum atomic E-state index is -0.963. The average Bonchev–Trinajstić information content (AvgIpc) is 2.55. The van der Waals surface area contributed by atoms with Gasteiger partial charge in [-0.05, 0) is 43.5 Å². The number of carbonyl (C=O) groups is 2. The molecule has 25 heavy (non-hydrogen) atoms. The highest BCUT2D eigenvalue weighted by atomic mass is 16.4. The molecule has 0 radical (unpaired) electrons. The maximum absolute atomic E-state index is 12.6. The minimum Gasteiger partial charge on any atom is -0.481 e. The van der Waals surface area contributed by atoms with Crippen molar-refractivity contribution in [2.24, 2.45) is 5.41 Å². The molecule has 0 aliphatic heterocycles. The van der Waals surface area contributed by atoms with Crippen LogP contribution in [0.25, 0.3) is 0 Å². The molecule has 0 heterocycles. The third-order valence-corrected chi connectivity index (χ3v) is 4.50. The van der Waals surface area contributed by atoms with E-state index in [9.17, 15) is 14.7 Å². The molecule has 0 atom stereocenters. The first kappa shape index (κ1) is 18.7. The van der Waals surface area contributed by atoms with E-state index in [4.69, 9.17) is 0 Å². The first-order chi connectivity index (χ1) is 11.6. The molecule has 0 bridgehead atoms. The molecule has 0 saturated carbocycles. The lowest BCUT2D eigenvalue weighted by molar-refractivity contribution is -0.142. The average molecular weight is 339 g/mol. The van der Waals surface area contributed by atoms with Gasteiger partial charge in [-0.3, -0.25) is 9.59 Å². The van der Waals surface area contributed by atoms with Crippen LogP contribution in [0, 0.1) is 5.41 Å². The number of amides is 1. The molecular formula is C21H25NO3. The van der Waals surface area contributed by atoms with E-state index in [1.165, 1.54) is 0 Å². The second-order valence-corrected chi connectivity index (χ2v) is 7.51. The Morgan fingerprint density at radius 2 is 1.48 bits per heavy atom. The van der Waals surface area contributed by atoms with Crippen LogP contribution in [0.2, 0.25) is 0 Å². The van der Waals surface area contributed by atoms with E-state index in [0.29, 0.717) is 17.7 Å². The van der Waals surface area contributed by atoms with E-state index in [-0.39, 0.29) is 5.91 Å². The van der Waals surface area contributed by atoms with Crippen LogP contribution in [0.1, 0.15) is 38.8 Å². The fraction of sp³-hybridized carbons (Fsp3) is 0.333. The van der Waals surface area contributed by atoms with Crippen LogP contribution in [0.5, 0.6) is 0 Å². The lowest BCUT2D eigenvalue weighted by Gasteiger charge is -2.24. The van der Waals surface area contributed by atoms with Crippen molar-refractivity contribution >= 4 is 17.6 Å². The zero-order valence-electron chi connectivity index (χ0n) is 15.2. The van der Waals surface area contributed by atoms with Gasteiger partial charge in [-0.2, -0.15) is 0 Å². The van der Waals surface area contributed by atoms with Gasteiger partial charge in [-0.25, -0.2) is 0 Å². The SMILES string of the molecule is CC(C)(Cc1ccccc1)C(=O)Nc1ccc(C(C)(C)C(=O)O)cc1. The van der Waals surface area contributed by atoms with E-state index in [1.54, 1.807) is 38.1 Å². The summed E-state index contributed by atoms with van der Waals surface area (Å²) < 4.78 is 0. The van der Waals surface area contributed by atoms with Crippen molar-refractivity contribution in [1.29, 1.82) is 0 Å². The summed E-state index contributed by atoms with van der Waals surface area (Å²) in [6.07, 6.45) is 0.643. The Balaban J connectivity index is 2.08. The zero-order valence-corrected chi connectivity index (χ0v) is 15.2. The van der Waals surface area contributed by atoms with Gasteiger partial charge in [0.1, 0.15) is 0 Å². The second kappa shape index (κ2) is 7.09. The van der Waals surface area contributed by atoms with Crippen LogP contribution in [0.15, 0.2) is 54.6 Å². The molecule has 0 aromatic heterocycles. The zero-order chi connectivity index (χ0) is 18.7. The molecule has 1 amide bonds. The number of nitrogens with one attached hydrogen (secondary N) is 1. The first-order valence-corrected chi connectivity index (χ1v) is 8.32. The highest BCUT2D eigenvalue weighted by molar-refractivity contribution is 5.95. The molecule has 2 aromatic carbocycles. The summed E-state index contributed by atoms with van der Waals surface area (Å²) in [5.74, 6) is -0.949. The molecule has 0 spiro atoms. The van der Waals surface area contributed by atoms with Crippen LogP contribution < -0.4 is 5.32 Å². The lowest BCUT2D eigenvalue weighted by Crippen LogP contribution is -2.33. The molecular weight excluding hydrogens is 314 g/mol. The van der Waals surface area contributed by atoms with Gasteiger partial charge < -0.3 is 10.4 Å².